The van der Waals surface area contributed by atoms with Crippen LogP contribution in [0.2, 0.25) is 0 Å². The van der Waals surface area contributed by atoms with Gasteiger partial charge in [-0.05, 0) is 33.6 Å². The second-order valence-electron chi connectivity index (χ2n) is 4.84. The second kappa shape index (κ2) is 8.88. The summed E-state index contributed by atoms with van der Waals surface area (Å²) < 4.78 is 0. The first-order valence-corrected chi connectivity index (χ1v) is 6.14. The molecule has 0 aromatic rings. The largest absolute Gasteiger partial charge is 0.481 e. The van der Waals surface area contributed by atoms with Crippen molar-refractivity contribution in [1.82, 2.24) is 9.80 Å². The molecule has 0 rings (SSSR count). The fourth-order valence-corrected chi connectivity index (χ4v) is 1.62. The molecule has 0 aliphatic carbocycles. The minimum atomic E-state index is -0.851. The van der Waals surface area contributed by atoms with E-state index in [4.69, 9.17) is 10.2 Å². The molecule has 18 heavy (non-hydrogen) atoms. The van der Waals surface area contributed by atoms with Crippen LogP contribution < -0.4 is 0 Å². The van der Waals surface area contributed by atoms with Crippen molar-refractivity contribution < 1.29 is 19.8 Å². The third-order valence-electron chi connectivity index (χ3n) is 2.68. The van der Waals surface area contributed by atoms with Crippen LogP contribution in [0.5, 0.6) is 0 Å². The zero-order valence-electron chi connectivity index (χ0n) is 11.4. The number of hydrogen-bond donors (Lipinski definition) is 2. The zero-order valence-corrected chi connectivity index (χ0v) is 11.4. The summed E-state index contributed by atoms with van der Waals surface area (Å²) in [4.78, 5) is 25.3. The average Bonchev–Trinajstić information content (AvgIpc) is 2.24. The summed E-state index contributed by atoms with van der Waals surface area (Å²) in [6.45, 7) is 4.08. The molecule has 0 heterocycles. The summed E-state index contributed by atoms with van der Waals surface area (Å²) >= 11 is 0. The van der Waals surface area contributed by atoms with E-state index in [1.54, 1.807) is 6.92 Å². The predicted octanol–water partition coefficient (Wildman–Crippen LogP) is 0.436. The SMILES string of the molecule is CC(CN(CCCN(C)C)CCC(=O)O)C(=O)O. The lowest BCUT2D eigenvalue weighted by Gasteiger charge is -2.24. The Hall–Kier alpha value is -1.14. The third kappa shape index (κ3) is 8.95. The highest BCUT2D eigenvalue weighted by atomic mass is 16.4. The van der Waals surface area contributed by atoms with Gasteiger partial charge in [-0.3, -0.25) is 9.59 Å². The predicted molar refractivity (Wildman–Crippen MR) is 68.7 cm³/mol. The van der Waals surface area contributed by atoms with E-state index in [1.165, 1.54) is 0 Å². The van der Waals surface area contributed by atoms with Crippen molar-refractivity contribution in [2.75, 3.05) is 40.3 Å². The second-order valence-corrected chi connectivity index (χ2v) is 4.84. The van der Waals surface area contributed by atoms with Gasteiger partial charge < -0.3 is 20.0 Å². The fraction of sp³-hybridized carbons (Fsp3) is 0.833. The molecule has 0 aliphatic heterocycles. The summed E-state index contributed by atoms with van der Waals surface area (Å²) in [5.74, 6) is -2.17. The van der Waals surface area contributed by atoms with Gasteiger partial charge in [0.15, 0.2) is 0 Å². The highest BCUT2D eigenvalue weighted by Gasteiger charge is 2.16. The van der Waals surface area contributed by atoms with Crippen molar-refractivity contribution in [2.24, 2.45) is 5.92 Å². The molecular formula is C12H24N2O4. The first kappa shape index (κ1) is 16.9. The molecule has 0 bridgehead atoms. The standard InChI is InChI=1S/C12H24N2O4/c1-10(12(17)18)9-14(8-5-11(15)16)7-4-6-13(2)3/h10H,4-9H2,1-3H3,(H,15,16)(H,17,18). The molecule has 1 unspecified atom stereocenters. The molecule has 0 fully saturated rings. The molecule has 0 aliphatic rings. The van der Waals surface area contributed by atoms with Gasteiger partial charge in [0, 0.05) is 13.1 Å². The van der Waals surface area contributed by atoms with Gasteiger partial charge in [-0.1, -0.05) is 6.92 Å². The van der Waals surface area contributed by atoms with Crippen molar-refractivity contribution in [3.05, 3.63) is 0 Å². The molecule has 0 aromatic heterocycles. The van der Waals surface area contributed by atoms with E-state index in [1.807, 2.05) is 19.0 Å². The number of rotatable bonds is 10. The van der Waals surface area contributed by atoms with E-state index >= 15 is 0 Å². The summed E-state index contributed by atoms with van der Waals surface area (Å²) in [6.07, 6.45) is 0.952. The molecule has 0 amide bonds. The van der Waals surface area contributed by atoms with E-state index in [2.05, 4.69) is 4.90 Å². The highest BCUT2D eigenvalue weighted by molar-refractivity contribution is 5.69. The minimum Gasteiger partial charge on any atom is -0.481 e. The molecule has 106 valence electrons. The Labute approximate surface area is 108 Å². The molecule has 6 heteroatoms. The molecule has 0 spiro atoms. The summed E-state index contributed by atoms with van der Waals surface area (Å²) in [5.41, 5.74) is 0. The Kier molecular flexibility index (Phi) is 8.32. The normalized spacial score (nSPS) is 12.9. The first-order valence-electron chi connectivity index (χ1n) is 6.14. The zero-order chi connectivity index (χ0) is 14.1. The monoisotopic (exact) mass is 260 g/mol. The number of carbonyl (C=O) groups is 2. The Balaban J connectivity index is 4.14. The quantitative estimate of drug-likeness (QED) is 0.593. The first-order chi connectivity index (χ1) is 8.32. The number of nitrogens with zero attached hydrogens (tertiary/aromatic N) is 2. The van der Waals surface area contributed by atoms with E-state index < -0.39 is 17.9 Å². The van der Waals surface area contributed by atoms with Crippen LogP contribution >= 0.6 is 0 Å². The van der Waals surface area contributed by atoms with Gasteiger partial charge in [-0.25, -0.2) is 0 Å². The van der Waals surface area contributed by atoms with E-state index in [0.29, 0.717) is 13.1 Å². The summed E-state index contributed by atoms with van der Waals surface area (Å²) in [5, 5.41) is 17.5. The van der Waals surface area contributed by atoms with Gasteiger partial charge in [0.1, 0.15) is 0 Å². The lowest BCUT2D eigenvalue weighted by molar-refractivity contribution is -0.141. The van der Waals surface area contributed by atoms with E-state index in [0.717, 1.165) is 19.5 Å². The lowest BCUT2D eigenvalue weighted by atomic mass is 10.1. The molecule has 0 radical (unpaired) electrons. The van der Waals surface area contributed by atoms with Gasteiger partial charge in [-0.2, -0.15) is 0 Å². The molecule has 0 aromatic carbocycles. The molecule has 1 atom stereocenters. The van der Waals surface area contributed by atoms with Crippen molar-refractivity contribution in [1.29, 1.82) is 0 Å². The smallest absolute Gasteiger partial charge is 0.307 e. The van der Waals surface area contributed by atoms with Gasteiger partial charge in [0.25, 0.3) is 0 Å². The molecule has 2 N–H and O–H groups in total. The third-order valence-corrected chi connectivity index (χ3v) is 2.68. The molecule has 6 nitrogen and oxygen atoms in total. The lowest BCUT2D eigenvalue weighted by Crippen LogP contribution is -2.35. The Morgan fingerprint density at radius 2 is 1.72 bits per heavy atom. The Morgan fingerprint density at radius 3 is 2.17 bits per heavy atom. The minimum absolute atomic E-state index is 0.0499. The van der Waals surface area contributed by atoms with Crippen LogP contribution in [-0.2, 0) is 9.59 Å². The van der Waals surface area contributed by atoms with Crippen LogP contribution in [0.4, 0.5) is 0 Å². The van der Waals surface area contributed by atoms with Crippen molar-refractivity contribution >= 4 is 11.9 Å². The van der Waals surface area contributed by atoms with Crippen LogP contribution in [0.15, 0.2) is 0 Å². The van der Waals surface area contributed by atoms with Crippen LogP contribution in [0, 0.1) is 5.92 Å². The van der Waals surface area contributed by atoms with Crippen LogP contribution in [0.25, 0.3) is 0 Å². The summed E-state index contributed by atoms with van der Waals surface area (Å²) in [7, 11) is 3.95. The van der Waals surface area contributed by atoms with Crippen molar-refractivity contribution in [3.8, 4) is 0 Å². The molecule has 0 saturated heterocycles. The maximum absolute atomic E-state index is 10.8. The van der Waals surface area contributed by atoms with Gasteiger partial charge in [0.2, 0.25) is 0 Å². The van der Waals surface area contributed by atoms with Gasteiger partial charge in [-0.15, -0.1) is 0 Å². The Morgan fingerprint density at radius 1 is 1.11 bits per heavy atom. The van der Waals surface area contributed by atoms with E-state index in [-0.39, 0.29) is 6.42 Å². The van der Waals surface area contributed by atoms with Gasteiger partial charge >= 0.3 is 11.9 Å². The van der Waals surface area contributed by atoms with Crippen molar-refractivity contribution in [3.63, 3.8) is 0 Å². The molecule has 0 saturated carbocycles. The number of hydrogen-bond acceptors (Lipinski definition) is 4. The van der Waals surface area contributed by atoms with Crippen LogP contribution in [0.1, 0.15) is 19.8 Å². The van der Waals surface area contributed by atoms with Crippen LogP contribution in [-0.4, -0.2) is 72.2 Å². The topological polar surface area (TPSA) is 81.1 Å². The van der Waals surface area contributed by atoms with Crippen LogP contribution in [0.3, 0.4) is 0 Å². The average molecular weight is 260 g/mol. The summed E-state index contributed by atoms with van der Waals surface area (Å²) in [6, 6.07) is 0. The Bertz CT molecular complexity index is 269. The van der Waals surface area contributed by atoms with Gasteiger partial charge in [0.05, 0.1) is 12.3 Å². The van der Waals surface area contributed by atoms with Crippen molar-refractivity contribution in [2.45, 2.75) is 19.8 Å². The number of carboxylic acids is 2. The number of carboxylic acid groups (broad SMARTS) is 2. The molecular weight excluding hydrogens is 236 g/mol. The number of aliphatic carboxylic acids is 2. The maximum atomic E-state index is 10.8. The fourth-order valence-electron chi connectivity index (χ4n) is 1.62. The highest BCUT2D eigenvalue weighted by Crippen LogP contribution is 2.03. The maximum Gasteiger partial charge on any atom is 0.307 e. The van der Waals surface area contributed by atoms with E-state index in [9.17, 15) is 9.59 Å².